The number of hydrogen-bond donors (Lipinski definition) is 0. The second kappa shape index (κ2) is 17.0. The number of carbonyl (C=O) groups excluding carboxylic acids is 3. The number of carbonyl (C=O) groups is 3. The Balaban J connectivity index is 1.89. The largest absolute Gasteiger partial charge is 0.469 e. The SMILES string of the molecule is CCOC(=O)C(=O)N(Cc1ccc(C#CCCCCCCCCC(=O)OC)cc1)Cc1ccc(C(F)(F)F)cc1. The van der Waals surface area contributed by atoms with Crippen LogP contribution >= 0.6 is 0 Å². The van der Waals surface area contributed by atoms with Crippen molar-refractivity contribution in [2.24, 2.45) is 0 Å². The van der Waals surface area contributed by atoms with Crippen molar-refractivity contribution in [3.8, 4) is 11.8 Å². The predicted octanol–water partition coefficient (Wildman–Crippen LogP) is 6.44. The minimum Gasteiger partial charge on any atom is -0.469 e. The lowest BCUT2D eigenvalue weighted by molar-refractivity contribution is -0.160. The van der Waals surface area contributed by atoms with Crippen molar-refractivity contribution < 1.29 is 37.0 Å². The van der Waals surface area contributed by atoms with E-state index in [1.165, 1.54) is 24.1 Å². The van der Waals surface area contributed by atoms with Crippen LogP contribution in [0.4, 0.5) is 13.2 Å². The summed E-state index contributed by atoms with van der Waals surface area (Å²) in [5.74, 6) is 4.24. The molecule has 0 saturated carbocycles. The van der Waals surface area contributed by atoms with Crippen molar-refractivity contribution in [1.82, 2.24) is 4.90 Å². The van der Waals surface area contributed by atoms with Gasteiger partial charge in [-0.2, -0.15) is 13.2 Å². The van der Waals surface area contributed by atoms with E-state index < -0.39 is 23.6 Å². The van der Waals surface area contributed by atoms with Crippen molar-refractivity contribution in [3.05, 3.63) is 70.8 Å². The van der Waals surface area contributed by atoms with Gasteiger partial charge in [0.05, 0.1) is 19.3 Å². The van der Waals surface area contributed by atoms with Crippen LogP contribution < -0.4 is 0 Å². The lowest BCUT2D eigenvalue weighted by atomic mass is 10.1. The van der Waals surface area contributed by atoms with Gasteiger partial charge in [-0.1, -0.05) is 61.8 Å². The molecule has 216 valence electrons. The van der Waals surface area contributed by atoms with E-state index in [-0.39, 0.29) is 25.7 Å². The Kier molecular flexibility index (Phi) is 13.8. The molecule has 0 aliphatic heterocycles. The van der Waals surface area contributed by atoms with Gasteiger partial charge in [-0.3, -0.25) is 9.59 Å². The zero-order valence-electron chi connectivity index (χ0n) is 23.0. The van der Waals surface area contributed by atoms with Crippen LogP contribution in [0.2, 0.25) is 0 Å². The van der Waals surface area contributed by atoms with Crippen LogP contribution in [0, 0.1) is 11.8 Å². The Morgan fingerprint density at radius 1 is 0.825 bits per heavy atom. The number of rotatable bonds is 13. The molecule has 0 spiro atoms. The third-order valence-corrected chi connectivity index (χ3v) is 6.11. The van der Waals surface area contributed by atoms with Gasteiger partial charge in [-0.05, 0) is 55.2 Å². The van der Waals surface area contributed by atoms with E-state index >= 15 is 0 Å². The van der Waals surface area contributed by atoms with E-state index in [1.807, 2.05) is 12.1 Å². The second-order valence-electron chi connectivity index (χ2n) is 9.27. The molecule has 0 aliphatic carbocycles. The summed E-state index contributed by atoms with van der Waals surface area (Å²) in [7, 11) is 1.40. The van der Waals surface area contributed by atoms with Gasteiger partial charge in [0.15, 0.2) is 0 Å². The van der Waals surface area contributed by atoms with Gasteiger partial charge >= 0.3 is 24.0 Å². The smallest absolute Gasteiger partial charge is 0.416 e. The molecule has 0 bridgehead atoms. The molecule has 2 aromatic carbocycles. The summed E-state index contributed by atoms with van der Waals surface area (Å²) in [6.07, 6.45) is 2.92. The third-order valence-electron chi connectivity index (χ3n) is 6.11. The molecule has 0 atom stereocenters. The zero-order chi connectivity index (χ0) is 29.4. The van der Waals surface area contributed by atoms with Crippen molar-refractivity contribution in [3.63, 3.8) is 0 Å². The van der Waals surface area contributed by atoms with Gasteiger partial charge in [0, 0.05) is 31.5 Å². The first kappa shape index (κ1) is 32.4. The highest BCUT2D eigenvalue weighted by atomic mass is 19.4. The van der Waals surface area contributed by atoms with Gasteiger partial charge in [0.1, 0.15) is 0 Å². The number of hydrogen-bond acceptors (Lipinski definition) is 5. The maximum Gasteiger partial charge on any atom is 0.416 e. The van der Waals surface area contributed by atoms with Crippen molar-refractivity contribution in [2.75, 3.05) is 13.7 Å². The number of unbranched alkanes of at least 4 members (excludes halogenated alkanes) is 6. The average molecular weight is 560 g/mol. The molecule has 1 amide bonds. The molecule has 0 fully saturated rings. The summed E-state index contributed by atoms with van der Waals surface area (Å²) in [6.45, 7) is 1.64. The summed E-state index contributed by atoms with van der Waals surface area (Å²) >= 11 is 0. The molecular weight excluding hydrogens is 523 g/mol. The van der Waals surface area contributed by atoms with Crippen LogP contribution in [0.3, 0.4) is 0 Å². The van der Waals surface area contributed by atoms with Gasteiger partial charge < -0.3 is 14.4 Å². The minimum absolute atomic E-state index is 0.0309. The summed E-state index contributed by atoms with van der Waals surface area (Å²) in [4.78, 5) is 37.1. The van der Waals surface area contributed by atoms with Gasteiger partial charge in [-0.25, -0.2) is 4.79 Å². The number of esters is 2. The van der Waals surface area contributed by atoms with Crippen LogP contribution in [-0.2, 0) is 43.1 Å². The van der Waals surface area contributed by atoms with E-state index in [2.05, 4.69) is 16.6 Å². The van der Waals surface area contributed by atoms with E-state index in [0.29, 0.717) is 12.0 Å². The Hall–Kier alpha value is -3.80. The molecule has 0 N–H and O–H groups in total. The molecule has 40 heavy (non-hydrogen) atoms. The highest BCUT2D eigenvalue weighted by Gasteiger charge is 2.30. The maximum absolute atomic E-state index is 12.9. The summed E-state index contributed by atoms with van der Waals surface area (Å²) in [6, 6.07) is 11.7. The fourth-order valence-electron chi connectivity index (χ4n) is 3.91. The quantitative estimate of drug-likeness (QED) is 0.122. The molecule has 0 heterocycles. The van der Waals surface area contributed by atoms with Gasteiger partial charge in [-0.15, -0.1) is 0 Å². The zero-order valence-corrected chi connectivity index (χ0v) is 23.0. The molecule has 9 heteroatoms. The number of amides is 1. The normalized spacial score (nSPS) is 10.8. The molecule has 2 rings (SSSR count). The number of benzene rings is 2. The fraction of sp³-hybridized carbons (Fsp3) is 0.452. The number of alkyl halides is 3. The van der Waals surface area contributed by atoms with Crippen molar-refractivity contribution in [2.45, 2.75) is 77.6 Å². The van der Waals surface area contributed by atoms with Gasteiger partial charge in [0.25, 0.3) is 0 Å². The highest BCUT2D eigenvalue weighted by Crippen LogP contribution is 2.29. The summed E-state index contributed by atoms with van der Waals surface area (Å²) in [5, 5.41) is 0. The number of ether oxygens (including phenoxy) is 2. The van der Waals surface area contributed by atoms with E-state index in [0.717, 1.165) is 68.2 Å². The van der Waals surface area contributed by atoms with Gasteiger partial charge in [0.2, 0.25) is 0 Å². The summed E-state index contributed by atoms with van der Waals surface area (Å²) in [5.41, 5.74) is 1.22. The Bertz CT molecular complexity index is 1150. The number of nitrogens with zero attached hydrogens (tertiary/aromatic N) is 1. The lowest BCUT2D eigenvalue weighted by Gasteiger charge is -2.22. The van der Waals surface area contributed by atoms with Crippen LogP contribution in [0.25, 0.3) is 0 Å². The van der Waals surface area contributed by atoms with Crippen LogP contribution in [-0.4, -0.2) is 36.5 Å². The molecular formula is C31H36F3NO5. The molecule has 0 unspecified atom stereocenters. The van der Waals surface area contributed by atoms with Crippen LogP contribution in [0.15, 0.2) is 48.5 Å². The first-order valence-corrected chi connectivity index (χ1v) is 13.4. The Morgan fingerprint density at radius 3 is 1.93 bits per heavy atom. The Labute approximate surface area is 233 Å². The molecule has 6 nitrogen and oxygen atoms in total. The van der Waals surface area contributed by atoms with E-state index in [9.17, 15) is 27.6 Å². The van der Waals surface area contributed by atoms with Crippen molar-refractivity contribution in [1.29, 1.82) is 0 Å². The maximum atomic E-state index is 12.9. The minimum atomic E-state index is -4.46. The predicted molar refractivity (Wildman–Crippen MR) is 145 cm³/mol. The standard InChI is InChI=1S/C31H36F3NO5/c1-3-40-30(38)29(37)35(23-26-18-20-27(21-19-26)31(32,33)34)22-25-16-14-24(15-17-25)12-10-8-6-4-5-7-9-11-13-28(36)39-2/h14-21H,3-9,11,13,22-23H2,1-2H3. The lowest BCUT2D eigenvalue weighted by Crippen LogP contribution is -2.36. The van der Waals surface area contributed by atoms with Crippen molar-refractivity contribution >= 4 is 17.8 Å². The summed E-state index contributed by atoms with van der Waals surface area (Å²) < 4.78 is 48.1. The van der Waals surface area contributed by atoms with Crippen LogP contribution in [0.1, 0.15) is 80.5 Å². The molecule has 0 aromatic heterocycles. The van der Waals surface area contributed by atoms with E-state index in [4.69, 9.17) is 4.74 Å². The highest BCUT2D eigenvalue weighted by molar-refractivity contribution is 6.32. The van der Waals surface area contributed by atoms with E-state index in [1.54, 1.807) is 19.1 Å². The molecule has 0 aliphatic rings. The number of halogens is 3. The monoisotopic (exact) mass is 559 g/mol. The topological polar surface area (TPSA) is 72.9 Å². The van der Waals surface area contributed by atoms with Crippen LogP contribution in [0.5, 0.6) is 0 Å². The Morgan fingerprint density at radius 2 is 1.38 bits per heavy atom. The fourth-order valence-corrected chi connectivity index (χ4v) is 3.91. The first-order chi connectivity index (χ1) is 19.1. The molecule has 0 radical (unpaired) electrons. The second-order valence-corrected chi connectivity index (χ2v) is 9.27. The average Bonchev–Trinajstić information content (AvgIpc) is 2.93. The molecule has 0 saturated heterocycles. The third kappa shape index (κ3) is 11.9. The first-order valence-electron chi connectivity index (χ1n) is 13.4. The molecule has 2 aromatic rings. The number of methoxy groups -OCH3 is 1.